The quantitative estimate of drug-likeness (QED) is 0.675. The Morgan fingerprint density at radius 1 is 1.30 bits per heavy atom. The summed E-state index contributed by atoms with van der Waals surface area (Å²) in [4.78, 5) is 19.6. The van der Waals surface area contributed by atoms with Crippen LogP contribution in [0.25, 0.3) is 5.57 Å². The molecule has 4 heteroatoms. The van der Waals surface area contributed by atoms with Gasteiger partial charge in [0, 0.05) is 23.4 Å². The van der Waals surface area contributed by atoms with Crippen LogP contribution in [0.15, 0.2) is 65.4 Å². The average molecular weight is 364 g/mol. The molecular weight excluding hydrogens is 336 g/mol. The Balaban J connectivity index is 0.00000126. The topological polar surface area (TPSA) is 65.5 Å². The molecular formula is C23H28N2O2. The number of nitrogens with zero attached hydrogens (tertiary/aromatic N) is 1. The SMILES string of the molecule is C=C(/C=C/C1=NCC=C1O)/C=C(\C=C/C)c1cc2c([nH]1)CCCC2=O.CC. The van der Waals surface area contributed by atoms with Gasteiger partial charge in [-0.3, -0.25) is 9.79 Å². The van der Waals surface area contributed by atoms with Crippen LogP contribution in [-0.2, 0) is 6.42 Å². The average Bonchev–Trinajstić information content (AvgIpc) is 3.28. The van der Waals surface area contributed by atoms with E-state index in [9.17, 15) is 9.90 Å². The number of nitrogens with one attached hydrogen (secondary N) is 1. The van der Waals surface area contributed by atoms with Crippen molar-refractivity contribution in [3.63, 3.8) is 0 Å². The summed E-state index contributed by atoms with van der Waals surface area (Å²) >= 11 is 0. The molecule has 0 amide bonds. The van der Waals surface area contributed by atoms with Crippen molar-refractivity contribution in [2.45, 2.75) is 40.0 Å². The number of aromatic nitrogens is 1. The maximum atomic E-state index is 12.1. The highest BCUT2D eigenvalue weighted by Crippen LogP contribution is 2.26. The number of hydrogen-bond acceptors (Lipinski definition) is 3. The number of aliphatic imine (C=N–C) groups is 1. The van der Waals surface area contributed by atoms with Gasteiger partial charge in [0.25, 0.3) is 0 Å². The molecule has 4 nitrogen and oxygen atoms in total. The molecule has 2 N–H and O–H groups in total. The zero-order valence-corrected chi connectivity index (χ0v) is 16.4. The first-order valence-electron chi connectivity index (χ1n) is 9.49. The van der Waals surface area contributed by atoms with Gasteiger partial charge < -0.3 is 10.1 Å². The van der Waals surface area contributed by atoms with Crippen LogP contribution in [-0.4, -0.2) is 28.1 Å². The molecule has 27 heavy (non-hydrogen) atoms. The molecule has 3 rings (SSSR count). The van der Waals surface area contributed by atoms with Gasteiger partial charge in [-0.15, -0.1) is 0 Å². The number of carbonyl (C=O) groups is 1. The molecule has 0 fully saturated rings. The van der Waals surface area contributed by atoms with Crippen molar-refractivity contribution in [2.24, 2.45) is 4.99 Å². The number of hydrogen-bond donors (Lipinski definition) is 2. The lowest BCUT2D eigenvalue weighted by Gasteiger charge is -2.08. The van der Waals surface area contributed by atoms with Crippen LogP contribution in [0.1, 0.15) is 55.4 Å². The van der Waals surface area contributed by atoms with Crippen LogP contribution < -0.4 is 0 Å². The minimum atomic E-state index is 0.206. The minimum absolute atomic E-state index is 0.206. The number of allylic oxidation sites excluding steroid dienone is 7. The van der Waals surface area contributed by atoms with E-state index in [1.54, 1.807) is 12.2 Å². The van der Waals surface area contributed by atoms with E-state index in [0.29, 0.717) is 18.7 Å². The molecule has 0 bridgehead atoms. The highest BCUT2D eigenvalue weighted by atomic mass is 16.3. The number of H-pyrrole nitrogens is 1. The number of aliphatic hydroxyl groups excluding tert-OH is 1. The fraction of sp³-hybridized carbons (Fsp3) is 0.304. The molecule has 1 aromatic rings. The van der Waals surface area contributed by atoms with Crippen molar-refractivity contribution >= 4 is 17.1 Å². The van der Waals surface area contributed by atoms with E-state index >= 15 is 0 Å². The highest BCUT2D eigenvalue weighted by molar-refractivity contribution is 6.08. The fourth-order valence-corrected chi connectivity index (χ4v) is 3.04. The number of aryl methyl sites for hydroxylation is 1. The summed E-state index contributed by atoms with van der Waals surface area (Å²) in [5, 5.41) is 9.65. The van der Waals surface area contributed by atoms with Gasteiger partial charge in [0.05, 0.1) is 12.3 Å². The lowest BCUT2D eigenvalue weighted by Crippen LogP contribution is -2.08. The number of aliphatic hydroxyl groups is 1. The lowest BCUT2D eigenvalue weighted by atomic mass is 9.96. The van der Waals surface area contributed by atoms with Crippen LogP contribution in [0.5, 0.6) is 0 Å². The van der Waals surface area contributed by atoms with Crippen LogP contribution >= 0.6 is 0 Å². The third-order valence-electron chi connectivity index (χ3n) is 4.29. The zero-order valence-electron chi connectivity index (χ0n) is 16.4. The van der Waals surface area contributed by atoms with Gasteiger partial charge in [0.1, 0.15) is 5.76 Å². The van der Waals surface area contributed by atoms with Crippen molar-refractivity contribution < 1.29 is 9.90 Å². The highest BCUT2D eigenvalue weighted by Gasteiger charge is 2.20. The van der Waals surface area contributed by atoms with Crippen LogP contribution in [0.3, 0.4) is 0 Å². The van der Waals surface area contributed by atoms with E-state index < -0.39 is 0 Å². The monoisotopic (exact) mass is 364 g/mol. The van der Waals surface area contributed by atoms with Gasteiger partial charge in [-0.05, 0) is 55.2 Å². The van der Waals surface area contributed by atoms with Crippen LogP contribution in [0.2, 0.25) is 0 Å². The number of rotatable bonds is 5. The van der Waals surface area contributed by atoms with Crippen molar-refractivity contribution in [3.8, 4) is 0 Å². The smallest absolute Gasteiger partial charge is 0.164 e. The molecule has 0 radical (unpaired) electrons. The first-order chi connectivity index (χ1) is 13.1. The number of carbonyl (C=O) groups excluding carboxylic acids is 1. The second kappa shape index (κ2) is 9.72. The number of fused-ring (bicyclic) bond motifs is 1. The first kappa shape index (κ1) is 20.4. The maximum Gasteiger partial charge on any atom is 0.164 e. The molecule has 0 saturated carbocycles. The van der Waals surface area contributed by atoms with Crippen molar-refractivity contribution in [1.82, 2.24) is 4.98 Å². The Bertz CT molecular complexity index is 861. The summed E-state index contributed by atoms with van der Waals surface area (Å²) in [7, 11) is 0. The predicted octanol–water partition coefficient (Wildman–Crippen LogP) is 5.53. The Labute approximate surface area is 161 Å². The Morgan fingerprint density at radius 2 is 2.07 bits per heavy atom. The fourth-order valence-electron chi connectivity index (χ4n) is 3.04. The van der Waals surface area contributed by atoms with Gasteiger partial charge in [0.2, 0.25) is 0 Å². The van der Waals surface area contributed by atoms with E-state index in [1.165, 1.54) is 0 Å². The molecule has 0 spiro atoms. The van der Waals surface area contributed by atoms with Crippen molar-refractivity contribution in [1.29, 1.82) is 0 Å². The molecule has 0 aromatic carbocycles. The van der Waals surface area contributed by atoms with E-state index in [-0.39, 0.29) is 11.5 Å². The predicted molar refractivity (Wildman–Crippen MR) is 113 cm³/mol. The first-order valence-corrected chi connectivity index (χ1v) is 9.49. The Morgan fingerprint density at radius 3 is 2.70 bits per heavy atom. The lowest BCUT2D eigenvalue weighted by molar-refractivity contribution is 0.0972. The molecule has 2 aliphatic rings. The minimum Gasteiger partial charge on any atom is -0.506 e. The third kappa shape index (κ3) is 5.07. The van der Waals surface area contributed by atoms with Crippen LogP contribution in [0.4, 0.5) is 0 Å². The van der Waals surface area contributed by atoms with Gasteiger partial charge in [-0.2, -0.15) is 0 Å². The van der Waals surface area contributed by atoms with E-state index in [1.807, 2.05) is 51.1 Å². The molecule has 0 unspecified atom stereocenters. The van der Waals surface area contributed by atoms with E-state index in [2.05, 4.69) is 16.6 Å². The maximum absolute atomic E-state index is 12.1. The zero-order chi connectivity index (χ0) is 19.8. The molecule has 2 heterocycles. The molecule has 0 saturated heterocycles. The van der Waals surface area contributed by atoms with Gasteiger partial charge in [0.15, 0.2) is 5.78 Å². The number of aromatic amines is 1. The molecule has 1 aliphatic carbocycles. The summed E-state index contributed by atoms with van der Waals surface area (Å²) in [5.41, 5.74) is 5.09. The van der Waals surface area contributed by atoms with Crippen molar-refractivity contribution in [2.75, 3.05) is 6.54 Å². The van der Waals surface area contributed by atoms with Gasteiger partial charge >= 0.3 is 0 Å². The third-order valence-corrected chi connectivity index (χ3v) is 4.29. The van der Waals surface area contributed by atoms with Crippen molar-refractivity contribution in [3.05, 3.63) is 77.4 Å². The largest absolute Gasteiger partial charge is 0.506 e. The number of Topliss-reactive ketones (excluding diaryl/α,β-unsaturated/α-hetero) is 1. The Kier molecular flexibility index (Phi) is 7.35. The van der Waals surface area contributed by atoms with Gasteiger partial charge in [-0.1, -0.05) is 38.7 Å². The van der Waals surface area contributed by atoms with E-state index in [4.69, 9.17) is 0 Å². The molecule has 1 aromatic heterocycles. The number of ketones is 1. The summed E-state index contributed by atoms with van der Waals surface area (Å²) < 4.78 is 0. The normalized spacial score (nSPS) is 16.9. The van der Waals surface area contributed by atoms with Crippen LogP contribution in [0, 0.1) is 0 Å². The summed E-state index contributed by atoms with van der Waals surface area (Å²) in [6, 6.07) is 1.94. The molecule has 1 aliphatic heterocycles. The molecule has 0 atom stereocenters. The van der Waals surface area contributed by atoms with E-state index in [0.717, 1.165) is 40.9 Å². The van der Waals surface area contributed by atoms with Gasteiger partial charge in [-0.25, -0.2) is 0 Å². The second-order valence-electron chi connectivity index (χ2n) is 6.18. The Hall–Kier alpha value is -2.88. The molecule has 142 valence electrons. The standard InChI is InChI=1S/C21H22N2O2.C2H6/c1-3-5-15(12-14(2)8-9-18-21(25)10-11-22-18)19-13-16-17(23-19)6-4-7-20(16)24;1-2/h3,5,8-10,12-13,23,25H,2,4,6-7,11H2,1H3;1-2H3/b5-3-,9-8+,15-12+;. The summed E-state index contributed by atoms with van der Waals surface area (Å²) in [6.45, 7) is 10.5. The summed E-state index contributed by atoms with van der Waals surface area (Å²) in [5.74, 6) is 0.418. The summed E-state index contributed by atoms with van der Waals surface area (Å²) in [6.07, 6.45) is 13.6. The second-order valence-corrected chi connectivity index (χ2v) is 6.18.